The van der Waals surface area contributed by atoms with Gasteiger partial charge >= 0.3 is 0 Å². The Kier molecular flexibility index (Phi) is 4.06. The van der Waals surface area contributed by atoms with Gasteiger partial charge in [-0.3, -0.25) is 4.90 Å². The molecule has 0 radical (unpaired) electrons. The third-order valence-electron chi connectivity index (χ3n) is 3.39. The molecule has 0 aromatic heterocycles. The predicted octanol–water partition coefficient (Wildman–Crippen LogP) is 1.63. The second-order valence-corrected chi connectivity index (χ2v) is 4.41. The van der Waals surface area contributed by atoms with Crippen molar-refractivity contribution in [2.75, 3.05) is 33.9 Å². The van der Waals surface area contributed by atoms with Gasteiger partial charge in [0.1, 0.15) is 0 Å². The Balaban J connectivity index is 2.25. The van der Waals surface area contributed by atoms with Crippen molar-refractivity contribution in [3.63, 3.8) is 0 Å². The molecule has 0 saturated heterocycles. The van der Waals surface area contributed by atoms with Crippen LogP contribution in [0.1, 0.15) is 11.1 Å². The summed E-state index contributed by atoms with van der Waals surface area (Å²) in [6.45, 7) is 2.36. The third kappa shape index (κ3) is 2.57. The first-order chi connectivity index (χ1) is 8.78. The van der Waals surface area contributed by atoms with Crippen molar-refractivity contribution in [3.8, 4) is 17.6 Å². The number of benzene rings is 1. The predicted molar refractivity (Wildman–Crippen MR) is 69.0 cm³/mol. The van der Waals surface area contributed by atoms with Gasteiger partial charge in [0.25, 0.3) is 0 Å². The van der Waals surface area contributed by atoms with Crippen LogP contribution in [-0.2, 0) is 12.8 Å². The standard InChI is InChI=1S/C14H18N2O2/c1-17-13-9-11-3-6-16(8-5-15)7-4-12(11)10-14(13)18-2/h9-10H,3-4,6-8H2,1-2H3. The summed E-state index contributed by atoms with van der Waals surface area (Å²) in [4.78, 5) is 2.18. The molecule has 0 bridgehead atoms. The average molecular weight is 246 g/mol. The summed E-state index contributed by atoms with van der Waals surface area (Å²) in [5.74, 6) is 1.56. The molecule has 96 valence electrons. The minimum atomic E-state index is 0.502. The van der Waals surface area contributed by atoms with Gasteiger partial charge in [-0.2, -0.15) is 5.26 Å². The monoisotopic (exact) mass is 246 g/mol. The van der Waals surface area contributed by atoms with E-state index in [0.29, 0.717) is 6.54 Å². The van der Waals surface area contributed by atoms with Gasteiger partial charge in [0, 0.05) is 13.1 Å². The Morgan fingerprint density at radius 1 is 1.11 bits per heavy atom. The molecular weight excluding hydrogens is 228 g/mol. The van der Waals surface area contributed by atoms with E-state index < -0.39 is 0 Å². The Labute approximate surface area is 108 Å². The number of ether oxygens (including phenoxy) is 2. The average Bonchev–Trinajstić information content (AvgIpc) is 2.60. The van der Waals surface area contributed by atoms with E-state index in [4.69, 9.17) is 14.7 Å². The molecule has 1 aromatic rings. The molecule has 18 heavy (non-hydrogen) atoms. The van der Waals surface area contributed by atoms with E-state index in [1.54, 1.807) is 14.2 Å². The number of nitriles is 1. The number of nitrogens with zero attached hydrogens (tertiary/aromatic N) is 2. The smallest absolute Gasteiger partial charge is 0.161 e. The summed E-state index contributed by atoms with van der Waals surface area (Å²) >= 11 is 0. The molecule has 0 N–H and O–H groups in total. The summed E-state index contributed by atoms with van der Waals surface area (Å²) in [6, 6.07) is 6.33. The fourth-order valence-electron chi connectivity index (χ4n) is 2.36. The van der Waals surface area contributed by atoms with Gasteiger partial charge in [0.2, 0.25) is 0 Å². The van der Waals surface area contributed by atoms with E-state index in [9.17, 15) is 0 Å². The maximum atomic E-state index is 8.76. The minimum absolute atomic E-state index is 0.502. The van der Waals surface area contributed by atoms with Crippen LogP contribution in [0.2, 0.25) is 0 Å². The van der Waals surface area contributed by atoms with Crippen LogP contribution in [0.3, 0.4) is 0 Å². The highest BCUT2D eigenvalue weighted by Crippen LogP contribution is 2.32. The number of rotatable bonds is 3. The van der Waals surface area contributed by atoms with Gasteiger partial charge in [0.05, 0.1) is 26.8 Å². The normalized spacial score (nSPS) is 15.4. The van der Waals surface area contributed by atoms with Gasteiger partial charge in [-0.15, -0.1) is 0 Å². The molecule has 0 amide bonds. The summed E-state index contributed by atoms with van der Waals surface area (Å²) < 4.78 is 10.7. The molecule has 0 saturated carbocycles. The summed E-state index contributed by atoms with van der Waals surface area (Å²) in [5.41, 5.74) is 2.60. The van der Waals surface area contributed by atoms with Crippen molar-refractivity contribution in [1.82, 2.24) is 4.90 Å². The van der Waals surface area contributed by atoms with Crippen LogP contribution in [0.25, 0.3) is 0 Å². The Bertz CT molecular complexity index is 431. The summed E-state index contributed by atoms with van der Waals surface area (Å²) in [5, 5.41) is 8.76. The zero-order valence-electron chi connectivity index (χ0n) is 10.9. The van der Waals surface area contributed by atoms with Crippen LogP contribution in [0.5, 0.6) is 11.5 Å². The van der Waals surface area contributed by atoms with Gasteiger partial charge in [-0.1, -0.05) is 0 Å². The maximum absolute atomic E-state index is 8.76. The van der Waals surface area contributed by atoms with Crippen molar-refractivity contribution in [2.24, 2.45) is 0 Å². The molecule has 1 aromatic carbocycles. The SMILES string of the molecule is COc1cc2c(cc1OC)CCN(CC#N)CC2. The Hall–Kier alpha value is -1.73. The number of hydrogen-bond donors (Lipinski definition) is 0. The van der Waals surface area contributed by atoms with Crippen LogP contribution in [-0.4, -0.2) is 38.8 Å². The lowest BCUT2D eigenvalue weighted by molar-refractivity contribution is 0.322. The highest BCUT2D eigenvalue weighted by atomic mass is 16.5. The largest absolute Gasteiger partial charge is 0.493 e. The third-order valence-corrected chi connectivity index (χ3v) is 3.39. The topological polar surface area (TPSA) is 45.5 Å². The molecule has 2 rings (SSSR count). The molecule has 0 unspecified atom stereocenters. The molecule has 0 atom stereocenters. The molecule has 1 aliphatic heterocycles. The van der Waals surface area contributed by atoms with E-state index in [1.165, 1.54) is 11.1 Å². The lowest BCUT2D eigenvalue weighted by Crippen LogP contribution is -2.26. The highest BCUT2D eigenvalue weighted by molar-refractivity contribution is 5.48. The van der Waals surface area contributed by atoms with Crippen molar-refractivity contribution in [3.05, 3.63) is 23.3 Å². The van der Waals surface area contributed by atoms with Gasteiger partial charge in [0.15, 0.2) is 11.5 Å². The quantitative estimate of drug-likeness (QED) is 0.760. The minimum Gasteiger partial charge on any atom is -0.493 e. The highest BCUT2D eigenvalue weighted by Gasteiger charge is 2.16. The van der Waals surface area contributed by atoms with E-state index in [-0.39, 0.29) is 0 Å². The fraction of sp³-hybridized carbons (Fsp3) is 0.500. The molecule has 0 spiro atoms. The fourth-order valence-corrected chi connectivity index (χ4v) is 2.36. The van der Waals surface area contributed by atoms with E-state index in [0.717, 1.165) is 37.4 Å². The zero-order valence-corrected chi connectivity index (χ0v) is 10.9. The first kappa shape index (κ1) is 12.7. The van der Waals surface area contributed by atoms with Crippen LogP contribution in [0.4, 0.5) is 0 Å². The summed E-state index contributed by atoms with van der Waals surface area (Å²) in [6.07, 6.45) is 1.91. The zero-order chi connectivity index (χ0) is 13.0. The molecule has 0 aliphatic carbocycles. The van der Waals surface area contributed by atoms with Crippen LogP contribution in [0.15, 0.2) is 12.1 Å². The van der Waals surface area contributed by atoms with Crippen molar-refractivity contribution >= 4 is 0 Å². The second kappa shape index (κ2) is 5.74. The lowest BCUT2D eigenvalue weighted by Gasteiger charge is -2.14. The number of fused-ring (bicyclic) bond motifs is 1. The Morgan fingerprint density at radius 2 is 1.61 bits per heavy atom. The van der Waals surface area contributed by atoms with E-state index >= 15 is 0 Å². The van der Waals surface area contributed by atoms with Crippen LogP contribution in [0, 0.1) is 11.3 Å². The van der Waals surface area contributed by atoms with Crippen LogP contribution >= 0.6 is 0 Å². The van der Waals surface area contributed by atoms with E-state index in [2.05, 4.69) is 23.1 Å². The van der Waals surface area contributed by atoms with Crippen LogP contribution < -0.4 is 9.47 Å². The van der Waals surface area contributed by atoms with Gasteiger partial charge in [-0.25, -0.2) is 0 Å². The van der Waals surface area contributed by atoms with Gasteiger partial charge < -0.3 is 9.47 Å². The summed E-state index contributed by atoms with van der Waals surface area (Å²) in [7, 11) is 3.31. The molecule has 4 nitrogen and oxygen atoms in total. The molecule has 1 aliphatic rings. The molecule has 0 fully saturated rings. The van der Waals surface area contributed by atoms with Gasteiger partial charge in [-0.05, 0) is 36.1 Å². The molecular formula is C14H18N2O2. The number of methoxy groups -OCH3 is 2. The van der Waals surface area contributed by atoms with Crippen molar-refractivity contribution in [1.29, 1.82) is 5.26 Å². The maximum Gasteiger partial charge on any atom is 0.161 e. The molecule has 4 heteroatoms. The van der Waals surface area contributed by atoms with Crippen molar-refractivity contribution in [2.45, 2.75) is 12.8 Å². The lowest BCUT2D eigenvalue weighted by atomic mass is 10.0. The van der Waals surface area contributed by atoms with Crippen molar-refractivity contribution < 1.29 is 9.47 Å². The van der Waals surface area contributed by atoms with E-state index in [1.807, 2.05) is 0 Å². The Morgan fingerprint density at radius 3 is 2.00 bits per heavy atom. The first-order valence-corrected chi connectivity index (χ1v) is 6.11. The molecule has 1 heterocycles. The first-order valence-electron chi connectivity index (χ1n) is 6.11. The second-order valence-electron chi connectivity index (χ2n) is 4.41. The number of hydrogen-bond acceptors (Lipinski definition) is 4.